The van der Waals surface area contributed by atoms with Gasteiger partial charge in [-0.05, 0) is 123 Å². The quantitative estimate of drug-likeness (QED) is 0.205. The summed E-state index contributed by atoms with van der Waals surface area (Å²) in [6.07, 6.45) is 1.83. The van der Waals surface area contributed by atoms with Crippen molar-refractivity contribution in [1.29, 1.82) is 0 Å². The summed E-state index contributed by atoms with van der Waals surface area (Å²) < 4.78 is 13.7. The summed E-state index contributed by atoms with van der Waals surface area (Å²) in [7, 11) is 1.65. The van der Waals surface area contributed by atoms with Crippen LogP contribution in [-0.2, 0) is 0 Å². The van der Waals surface area contributed by atoms with Gasteiger partial charge in [-0.15, -0.1) is 0 Å². The van der Waals surface area contributed by atoms with Crippen LogP contribution >= 0.6 is 12.2 Å². The highest BCUT2D eigenvalue weighted by Crippen LogP contribution is 2.44. The third-order valence-corrected chi connectivity index (χ3v) is 7.87. The summed E-state index contributed by atoms with van der Waals surface area (Å²) >= 11 is 5.97. The van der Waals surface area contributed by atoms with Crippen molar-refractivity contribution in [2.75, 3.05) is 12.0 Å². The van der Waals surface area contributed by atoms with Gasteiger partial charge in [-0.25, -0.2) is 0 Å². The van der Waals surface area contributed by atoms with Crippen LogP contribution in [0.4, 0.5) is 5.69 Å². The molecule has 3 heterocycles. The molecule has 5 aromatic rings. The topological polar surface area (TPSA) is 51.6 Å². The minimum Gasteiger partial charge on any atom is -0.497 e. The maximum Gasteiger partial charge on any atom is 0.174 e. The predicted octanol–water partition coefficient (Wildman–Crippen LogP) is 7.78. The van der Waals surface area contributed by atoms with Gasteiger partial charge >= 0.3 is 0 Å². The number of methoxy groups -OCH3 is 1. The van der Waals surface area contributed by atoms with Gasteiger partial charge in [0.2, 0.25) is 0 Å². The highest BCUT2D eigenvalue weighted by molar-refractivity contribution is 7.80. The molecule has 1 fully saturated rings. The number of aromatic nitrogens is 2. The zero-order chi connectivity index (χ0) is 28.5. The van der Waals surface area contributed by atoms with Gasteiger partial charge in [0.1, 0.15) is 17.2 Å². The average molecular weight is 561 g/mol. The molecule has 3 aromatic carbocycles. The van der Waals surface area contributed by atoms with E-state index < -0.39 is 0 Å². The van der Waals surface area contributed by atoms with Crippen LogP contribution in [0.2, 0.25) is 0 Å². The fourth-order valence-electron chi connectivity index (χ4n) is 5.66. The van der Waals surface area contributed by atoms with E-state index >= 15 is 0 Å². The molecule has 2 aromatic heterocycles. The number of aryl methyl sites for hydroxylation is 2. The van der Waals surface area contributed by atoms with Crippen LogP contribution < -0.4 is 19.7 Å². The highest BCUT2D eigenvalue weighted by Gasteiger charge is 2.42. The minimum atomic E-state index is -0.120. The molecular weight excluding hydrogens is 528 g/mol. The zero-order valence-electron chi connectivity index (χ0n) is 23.5. The second kappa shape index (κ2) is 11.1. The van der Waals surface area contributed by atoms with Gasteiger partial charge in [-0.1, -0.05) is 18.2 Å². The van der Waals surface area contributed by atoms with Crippen LogP contribution in [0.1, 0.15) is 40.3 Å². The van der Waals surface area contributed by atoms with E-state index in [9.17, 15) is 0 Å². The first kappa shape index (κ1) is 26.6. The van der Waals surface area contributed by atoms with Crippen molar-refractivity contribution in [3.63, 3.8) is 0 Å². The van der Waals surface area contributed by atoms with Crippen LogP contribution in [0.3, 0.4) is 0 Å². The second-order valence-corrected chi connectivity index (χ2v) is 10.7. The first-order valence-electron chi connectivity index (χ1n) is 13.6. The highest BCUT2D eigenvalue weighted by atomic mass is 32.1. The lowest BCUT2D eigenvalue weighted by atomic mass is 9.96. The Kier molecular flexibility index (Phi) is 7.20. The van der Waals surface area contributed by atoms with Gasteiger partial charge < -0.3 is 24.3 Å². The Hall–Kier alpha value is -4.62. The normalized spacial score (nSPS) is 16.5. The van der Waals surface area contributed by atoms with Crippen LogP contribution in [-0.4, -0.2) is 21.8 Å². The molecule has 41 heavy (non-hydrogen) atoms. The number of ether oxygens (including phenoxy) is 2. The molecule has 1 saturated heterocycles. The van der Waals surface area contributed by atoms with Gasteiger partial charge in [-0.2, -0.15) is 0 Å². The Morgan fingerprint density at radius 2 is 1.49 bits per heavy atom. The van der Waals surface area contributed by atoms with Crippen molar-refractivity contribution in [3.8, 4) is 22.9 Å². The summed E-state index contributed by atoms with van der Waals surface area (Å²) in [5.41, 5.74) is 7.85. The van der Waals surface area contributed by atoms with E-state index in [1.807, 2.05) is 54.7 Å². The van der Waals surface area contributed by atoms with Gasteiger partial charge in [-0.3, -0.25) is 4.98 Å². The molecule has 206 valence electrons. The third kappa shape index (κ3) is 5.16. The number of benzene rings is 3. The number of pyridine rings is 1. The molecule has 7 heteroatoms. The van der Waals surface area contributed by atoms with Crippen molar-refractivity contribution >= 4 is 23.0 Å². The lowest BCUT2D eigenvalue weighted by Crippen LogP contribution is -2.29. The first-order chi connectivity index (χ1) is 19.9. The van der Waals surface area contributed by atoms with E-state index in [2.05, 4.69) is 84.1 Å². The van der Waals surface area contributed by atoms with E-state index in [-0.39, 0.29) is 12.1 Å². The smallest absolute Gasteiger partial charge is 0.174 e. The van der Waals surface area contributed by atoms with Gasteiger partial charge in [0.05, 0.1) is 24.9 Å². The number of nitrogens with zero attached hydrogens (tertiary/aromatic N) is 3. The SMILES string of the molecule is COc1ccc(Oc2ccc(N3C(=S)NC(c4ccccn4)C3c3cc(C)n(-c4cccc(C)c4)c3C)cc2)cc1. The molecular formula is C34H32N4O2S. The summed E-state index contributed by atoms with van der Waals surface area (Å²) in [6, 6.07) is 32.3. The Labute approximate surface area is 246 Å². The number of anilines is 1. The first-order valence-corrected chi connectivity index (χ1v) is 14.0. The fraction of sp³-hybridized carbons (Fsp3) is 0.176. The molecule has 6 nitrogen and oxygen atoms in total. The van der Waals surface area contributed by atoms with E-state index in [1.165, 1.54) is 22.5 Å². The zero-order valence-corrected chi connectivity index (χ0v) is 24.4. The largest absolute Gasteiger partial charge is 0.497 e. The molecule has 0 saturated carbocycles. The van der Waals surface area contributed by atoms with Crippen molar-refractivity contribution in [2.24, 2.45) is 0 Å². The van der Waals surface area contributed by atoms with Crippen molar-refractivity contribution in [1.82, 2.24) is 14.9 Å². The number of hydrogen-bond acceptors (Lipinski definition) is 4. The number of nitrogens with one attached hydrogen (secondary N) is 1. The summed E-state index contributed by atoms with van der Waals surface area (Å²) in [4.78, 5) is 6.92. The minimum absolute atomic E-state index is 0.101. The van der Waals surface area contributed by atoms with Crippen molar-refractivity contribution < 1.29 is 9.47 Å². The molecule has 2 atom stereocenters. The Bertz CT molecular complexity index is 1680. The lowest BCUT2D eigenvalue weighted by Gasteiger charge is -2.28. The van der Waals surface area contributed by atoms with Crippen LogP contribution in [0.5, 0.6) is 17.2 Å². The monoisotopic (exact) mass is 560 g/mol. The molecule has 1 aliphatic heterocycles. The second-order valence-electron chi connectivity index (χ2n) is 10.3. The standard InChI is InChI=1S/C34H32N4O2S/c1-22-8-7-9-26(20-22)37-23(2)21-30(24(37)3)33-32(31-10-5-6-19-35-31)36-34(41)38(33)25-11-13-28(14-12-25)40-29-17-15-27(39-4)16-18-29/h5-21,32-33H,1-4H3,(H,36,41). The molecule has 6 rings (SSSR count). The van der Waals surface area contributed by atoms with Gasteiger partial charge in [0.15, 0.2) is 5.11 Å². The summed E-state index contributed by atoms with van der Waals surface area (Å²) in [5.74, 6) is 2.28. The Morgan fingerprint density at radius 3 is 2.15 bits per heavy atom. The van der Waals surface area contributed by atoms with Crippen LogP contribution in [0, 0.1) is 20.8 Å². The number of thiocarbonyl (C=S) groups is 1. The van der Waals surface area contributed by atoms with Crippen molar-refractivity contribution in [2.45, 2.75) is 32.9 Å². The van der Waals surface area contributed by atoms with Crippen molar-refractivity contribution in [3.05, 3.63) is 131 Å². The van der Waals surface area contributed by atoms with Gasteiger partial charge in [0.25, 0.3) is 0 Å². The Morgan fingerprint density at radius 1 is 0.780 bits per heavy atom. The van der Waals surface area contributed by atoms with E-state index in [4.69, 9.17) is 26.7 Å². The molecule has 1 N–H and O–H groups in total. The lowest BCUT2D eigenvalue weighted by molar-refractivity contribution is 0.413. The molecule has 1 aliphatic rings. The molecule has 0 spiro atoms. The van der Waals surface area contributed by atoms with Gasteiger partial charge in [0, 0.05) is 29.0 Å². The summed E-state index contributed by atoms with van der Waals surface area (Å²) in [5, 5.41) is 4.24. The Balaban J connectivity index is 1.39. The van der Waals surface area contributed by atoms with E-state index in [0.29, 0.717) is 5.11 Å². The maximum absolute atomic E-state index is 6.09. The summed E-state index contributed by atoms with van der Waals surface area (Å²) in [6.45, 7) is 6.47. The van der Waals surface area contributed by atoms with Crippen LogP contribution in [0.15, 0.2) is 103 Å². The number of hydrogen-bond donors (Lipinski definition) is 1. The average Bonchev–Trinajstić information content (AvgIpc) is 3.49. The number of rotatable bonds is 7. The van der Waals surface area contributed by atoms with E-state index in [0.717, 1.165) is 34.3 Å². The molecule has 0 amide bonds. The predicted molar refractivity (Wildman–Crippen MR) is 167 cm³/mol. The molecule has 0 aliphatic carbocycles. The molecule has 0 bridgehead atoms. The maximum atomic E-state index is 6.09. The molecule has 0 radical (unpaired) electrons. The third-order valence-electron chi connectivity index (χ3n) is 7.56. The fourth-order valence-corrected chi connectivity index (χ4v) is 6.00. The molecule has 2 unspecified atom stereocenters. The van der Waals surface area contributed by atoms with E-state index in [1.54, 1.807) is 7.11 Å². The van der Waals surface area contributed by atoms with Crippen LogP contribution in [0.25, 0.3) is 5.69 Å².